The van der Waals surface area contributed by atoms with Crippen molar-refractivity contribution >= 4 is 15.9 Å². The van der Waals surface area contributed by atoms with Gasteiger partial charge in [-0.2, -0.15) is 4.31 Å². The highest BCUT2D eigenvalue weighted by molar-refractivity contribution is 7.89. The van der Waals surface area contributed by atoms with Crippen molar-refractivity contribution in [2.75, 3.05) is 45.6 Å². The van der Waals surface area contributed by atoms with Gasteiger partial charge in [-0.15, -0.1) is 0 Å². The van der Waals surface area contributed by atoms with Gasteiger partial charge in [0.1, 0.15) is 5.76 Å². The maximum Gasteiger partial charge on any atom is 0.273 e. The molecule has 1 aromatic heterocycles. The van der Waals surface area contributed by atoms with Crippen LogP contribution < -0.4 is 5.32 Å². The number of carbonyl (C=O) groups is 1. The van der Waals surface area contributed by atoms with Gasteiger partial charge in [0.2, 0.25) is 10.0 Å². The molecule has 1 aromatic rings. The van der Waals surface area contributed by atoms with Gasteiger partial charge in [0, 0.05) is 55.8 Å². The van der Waals surface area contributed by atoms with Gasteiger partial charge in [0.25, 0.3) is 5.91 Å². The zero-order valence-corrected chi connectivity index (χ0v) is 20.8. The number of nitrogens with zero attached hydrogens (tertiary/aromatic N) is 4. The highest BCUT2D eigenvalue weighted by Crippen LogP contribution is 2.40. The number of piperidine rings is 1. The zero-order valence-electron chi connectivity index (χ0n) is 19.9. The fraction of sp³-hybridized carbons (Fsp3) is 0.826. The molecule has 10 nitrogen and oxygen atoms in total. The summed E-state index contributed by atoms with van der Waals surface area (Å²) >= 11 is 0. The first-order chi connectivity index (χ1) is 16.3. The van der Waals surface area contributed by atoms with Gasteiger partial charge in [-0.05, 0) is 58.5 Å². The first-order valence-corrected chi connectivity index (χ1v) is 14.3. The van der Waals surface area contributed by atoms with Gasteiger partial charge in [0.15, 0.2) is 5.69 Å². The average molecular weight is 496 g/mol. The number of amides is 1. The molecule has 190 valence electrons. The summed E-state index contributed by atoms with van der Waals surface area (Å²) in [7, 11) is -1.35. The molecular weight excluding hydrogens is 458 g/mol. The summed E-state index contributed by atoms with van der Waals surface area (Å²) in [4.78, 5) is 17.0. The van der Waals surface area contributed by atoms with E-state index in [0.717, 1.165) is 51.0 Å². The van der Waals surface area contributed by atoms with Gasteiger partial charge in [-0.1, -0.05) is 5.16 Å². The number of carbonyl (C=O) groups excluding carboxylic acids is 1. The molecule has 3 aliphatic heterocycles. The second-order valence-corrected chi connectivity index (χ2v) is 12.5. The molecule has 4 fully saturated rings. The quantitative estimate of drug-likeness (QED) is 0.485. The van der Waals surface area contributed by atoms with Crippen molar-refractivity contribution in [1.82, 2.24) is 24.6 Å². The van der Waals surface area contributed by atoms with Crippen LogP contribution in [-0.4, -0.2) is 108 Å². The summed E-state index contributed by atoms with van der Waals surface area (Å²) in [5, 5.41) is 16.1. The molecule has 11 heteroatoms. The number of aliphatic hydroxyl groups excluding tert-OH is 1. The Bertz CT molecular complexity index is 966. The highest BCUT2D eigenvalue weighted by atomic mass is 32.2. The van der Waals surface area contributed by atoms with Crippen LogP contribution in [0.1, 0.15) is 67.1 Å². The zero-order chi connectivity index (χ0) is 23.9. The van der Waals surface area contributed by atoms with Crippen molar-refractivity contribution < 1.29 is 22.8 Å². The standard InChI is InChI=1S/C23H37N5O5S/c1-26(8-10-29)20-6-7-27(15-20)9-11-34(31,32)28-18-4-5-19(28)13-17(12-18)24-23(30)21-14-22(33-25-21)16-2-3-16/h14,16-20,29H,2-13,15H2,1H3,(H,24,30)/t17-,18+,19-,20?. The van der Waals surface area contributed by atoms with Crippen LogP contribution in [0.15, 0.2) is 10.6 Å². The molecular formula is C23H37N5O5S. The largest absolute Gasteiger partial charge is 0.395 e. The molecule has 4 atom stereocenters. The Labute approximate surface area is 201 Å². The van der Waals surface area contributed by atoms with Crippen LogP contribution in [0.25, 0.3) is 0 Å². The van der Waals surface area contributed by atoms with Gasteiger partial charge in [-0.25, -0.2) is 8.42 Å². The Kier molecular flexibility index (Phi) is 7.00. The summed E-state index contributed by atoms with van der Waals surface area (Å²) in [6.07, 6.45) is 6.17. The maximum atomic E-state index is 13.3. The van der Waals surface area contributed by atoms with Crippen LogP contribution in [-0.2, 0) is 10.0 Å². The first-order valence-electron chi connectivity index (χ1n) is 12.7. The first kappa shape index (κ1) is 24.2. The third-order valence-electron chi connectivity index (χ3n) is 8.05. The molecule has 34 heavy (non-hydrogen) atoms. The highest BCUT2D eigenvalue weighted by Gasteiger charge is 2.47. The third kappa shape index (κ3) is 5.18. The van der Waals surface area contributed by atoms with E-state index < -0.39 is 10.0 Å². The summed E-state index contributed by atoms with van der Waals surface area (Å²) in [5.41, 5.74) is 0.317. The van der Waals surface area contributed by atoms with Gasteiger partial charge in [0.05, 0.1) is 12.4 Å². The number of hydrogen-bond acceptors (Lipinski definition) is 8. The molecule has 2 N–H and O–H groups in total. The van der Waals surface area contributed by atoms with E-state index >= 15 is 0 Å². The van der Waals surface area contributed by atoms with Crippen LogP contribution in [0.2, 0.25) is 0 Å². The van der Waals surface area contributed by atoms with E-state index in [1.54, 1.807) is 10.4 Å². The lowest BCUT2D eigenvalue weighted by atomic mass is 9.99. The fourth-order valence-corrected chi connectivity index (χ4v) is 7.98. The number of likely N-dealkylation sites (tertiary alicyclic amines) is 1. The molecule has 1 saturated carbocycles. The second-order valence-electron chi connectivity index (χ2n) is 10.5. The molecule has 5 rings (SSSR count). The van der Waals surface area contributed by atoms with Crippen LogP contribution in [0.4, 0.5) is 0 Å². The molecule has 3 saturated heterocycles. The normalized spacial score (nSPS) is 30.3. The van der Waals surface area contributed by atoms with Crippen molar-refractivity contribution in [3.63, 3.8) is 0 Å². The molecule has 4 heterocycles. The van der Waals surface area contributed by atoms with Crippen LogP contribution in [0, 0.1) is 0 Å². The van der Waals surface area contributed by atoms with Crippen molar-refractivity contribution in [2.24, 2.45) is 0 Å². The molecule has 0 radical (unpaired) electrons. The molecule has 2 bridgehead atoms. The van der Waals surface area contributed by atoms with Crippen LogP contribution in [0.5, 0.6) is 0 Å². The van der Waals surface area contributed by atoms with E-state index in [4.69, 9.17) is 9.63 Å². The van der Waals surface area contributed by atoms with E-state index in [-0.39, 0.29) is 36.4 Å². The van der Waals surface area contributed by atoms with E-state index in [1.165, 1.54) is 0 Å². The molecule has 4 aliphatic rings. The number of likely N-dealkylation sites (N-methyl/N-ethyl adjacent to an activating group) is 1. The minimum absolute atomic E-state index is 0.0427. The molecule has 0 spiro atoms. The lowest BCUT2D eigenvalue weighted by molar-refractivity contribution is 0.0900. The monoisotopic (exact) mass is 495 g/mol. The van der Waals surface area contributed by atoms with Crippen molar-refractivity contribution in [2.45, 2.75) is 75.0 Å². The minimum Gasteiger partial charge on any atom is -0.395 e. The predicted molar refractivity (Wildman–Crippen MR) is 126 cm³/mol. The number of fused-ring (bicyclic) bond motifs is 2. The van der Waals surface area contributed by atoms with E-state index in [1.807, 2.05) is 7.05 Å². The Morgan fingerprint density at radius 2 is 1.97 bits per heavy atom. The fourth-order valence-electron chi connectivity index (χ4n) is 5.99. The van der Waals surface area contributed by atoms with E-state index in [9.17, 15) is 13.2 Å². The molecule has 1 amide bonds. The Hall–Kier alpha value is -1.53. The van der Waals surface area contributed by atoms with E-state index in [0.29, 0.717) is 43.6 Å². The van der Waals surface area contributed by atoms with Gasteiger partial charge in [-0.3, -0.25) is 9.69 Å². The number of aliphatic hydroxyl groups is 1. The Morgan fingerprint density at radius 3 is 2.65 bits per heavy atom. The van der Waals surface area contributed by atoms with Gasteiger partial charge >= 0.3 is 0 Å². The lowest BCUT2D eigenvalue weighted by Crippen LogP contribution is -2.53. The summed E-state index contributed by atoms with van der Waals surface area (Å²) < 4.78 is 33.6. The molecule has 1 aliphatic carbocycles. The summed E-state index contributed by atoms with van der Waals surface area (Å²) in [5.74, 6) is 1.10. The van der Waals surface area contributed by atoms with Gasteiger partial charge < -0.3 is 19.8 Å². The number of aromatic nitrogens is 1. The summed E-state index contributed by atoms with van der Waals surface area (Å²) in [6, 6.07) is 1.98. The van der Waals surface area contributed by atoms with Crippen molar-refractivity contribution in [1.29, 1.82) is 0 Å². The molecule has 0 aromatic carbocycles. The van der Waals surface area contributed by atoms with Crippen molar-refractivity contribution in [3.8, 4) is 0 Å². The van der Waals surface area contributed by atoms with Crippen LogP contribution in [0.3, 0.4) is 0 Å². The number of sulfonamides is 1. The predicted octanol–water partition coefficient (Wildman–Crippen LogP) is 0.605. The number of hydrogen-bond donors (Lipinski definition) is 2. The van der Waals surface area contributed by atoms with Crippen LogP contribution >= 0.6 is 0 Å². The smallest absolute Gasteiger partial charge is 0.273 e. The number of rotatable bonds is 10. The van der Waals surface area contributed by atoms with Crippen molar-refractivity contribution in [3.05, 3.63) is 17.5 Å². The maximum absolute atomic E-state index is 13.3. The minimum atomic E-state index is -3.36. The summed E-state index contributed by atoms with van der Waals surface area (Å²) in [6.45, 7) is 3.06. The lowest BCUT2D eigenvalue weighted by Gasteiger charge is -2.38. The number of nitrogens with one attached hydrogen (secondary N) is 1. The average Bonchev–Trinajstić information content (AvgIpc) is 3.21. The Balaban J connectivity index is 1.12. The Morgan fingerprint density at radius 1 is 1.24 bits per heavy atom. The third-order valence-corrected chi connectivity index (χ3v) is 9.99. The SMILES string of the molecule is CN(CCO)C1CCN(CCS(=O)(=O)N2[C@@H]3CC[C@H]2C[C@@H](NC(=O)c2cc(C4CC4)on2)C3)C1. The van der Waals surface area contributed by atoms with E-state index in [2.05, 4.69) is 20.3 Å². The molecule has 1 unspecified atom stereocenters. The topological polar surface area (TPSA) is 119 Å². The second kappa shape index (κ2) is 9.85.